The van der Waals surface area contributed by atoms with Crippen molar-refractivity contribution in [3.05, 3.63) is 48.0 Å². The van der Waals surface area contributed by atoms with Crippen molar-refractivity contribution in [1.29, 1.82) is 0 Å². The standard InChI is InChI=1S/C13H17NO4.C6H4O/c1-8(2)14-7-12(17)10-4-5-13(11(16)6-10)18-9(3)15;1-2-4-6-5(3-1)7-6/h4-6,8,14,16H,7H2,1-3H3;1-4H. The summed E-state index contributed by atoms with van der Waals surface area (Å²) in [4.78, 5) is 22.5. The van der Waals surface area contributed by atoms with Crippen molar-refractivity contribution < 1.29 is 24.2 Å². The van der Waals surface area contributed by atoms with Gasteiger partial charge in [0, 0.05) is 18.5 Å². The number of hydrogen-bond donors (Lipinski definition) is 2. The second kappa shape index (κ2) is 8.30. The van der Waals surface area contributed by atoms with Gasteiger partial charge in [-0.05, 0) is 30.3 Å². The van der Waals surface area contributed by atoms with Crippen LogP contribution in [0.3, 0.4) is 0 Å². The van der Waals surface area contributed by atoms with Gasteiger partial charge in [0.05, 0.1) is 6.54 Å². The van der Waals surface area contributed by atoms with Gasteiger partial charge in [-0.2, -0.15) is 0 Å². The van der Waals surface area contributed by atoms with Gasteiger partial charge in [0.1, 0.15) is 0 Å². The maximum Gasteiger partial charge on any atom is 0.308 e. The van der Waals surface area contributed by atoms with E-state index in [0.717, 1.165) is 11.5 Å². The number of hydrogen-bond acceptors (Lipinski definition) is 6. The van der Waals surface area contributed by atoms with Gasteiger partial charge in [0.15, 0.2) is 28.8 Å². The number of esters is 1. The van der Waals surface area contributed by atoms with E-state index in [1.54, 1.807) is 0 Å². The molecule has 0 fully saturated rings. The molecule has 1 heterocycles. The molecule has 0 atom stereocenters. The summed E-state index contributed by atoms with van der Waals surface area (Å²) in [7, 11) is 0. The molecule has 0 saturated carbocycles. The minimum Gasteiger partial charge on any atom is -0.504 e. The first-order valence-corrected chi connectivity index (χ1v) is 7.91. The number of benzene rings is 2. The van der Waals surface area contributed by atoms with Gasteiger partial charge in [-0.3, -0.25) is 9.59 Å². The highest BCUT2D eigenvalue weighted by Gasteiger charge is 2.15. The van der Waals surface area contributed by atoms with Crippen LogP contribution in [-0.4, -0.2) is 29.4 Å². The van der Waals surface area contributed by atoms with Gasteiger partial charge < -0.3 is 19.9 Å². The van der Waals surface area contributed by atoms with Crippen LogP contribution in [0, 0.1) is 0 Å². The summed E-state index contributed by atoms with van der Waals surface area (Å²) in [5.41, 5.74) is 0.372. The Balaban J connectivity index is 0.000000261. The molecule has 0 unspecified atom stereocenters. The van der Waals surface area contributed by atoms with E-state index in [4.69, 9.17) is 9.47 Å². The molecular formula is C19H21NO5. The molecule has 1 aliphatic heterocycles. The highest BCUT2D eigenvalue weighted by Crippen LogP contribution is 2.43. The van der Waals surface area contributed by atoms with Crippen molar-refractivity contribution in [2.75, 3.05) is 6.54 Å². The zero-order chi connectivity index (χ0) is 18.4. The van der Waals surface area contributed by atoms with E-state index in [9.17, 15) is 14.7 Å². The van der Waals surface area contributed by atoms with Crippen LogP contribution in [0.2, 0.25) is 0 Å². The lowest BCUT2D eigenvalue weighted by Crippen LogP contribution is -2.29. The van der Waals surface area contributed by atoms with Gasteiger partial charge in [0.25, 0.3) is 0 Å². The molecule has 0 spiro atoms. The first-order valence-electron chi connectivity index (χ1n) is 7.91. The van der Waals surface area contributed by atoms with E-state index in [1.807, 2.05) is 38.1 Å². The predicted octanol–water partition coefficient (Wildman–Crippen LogP) is 3.29. The summed E-state index contributed by atoms with van der Waals surface area (Å²) in [5, 5.41) is 12.6. The highest BCUT2D eigenvalue weighted by atomic mass is 16.6. The molecule has 2 aromatic rings. The number of phenols is 1. The molecular weight excluding hydrogens is 322 g/mol. The highest BCUT2D eigenvalue weighted by molar-refractivity contribution is 5.98. The fourth-order valence-electron chi connectivity index (χ4n) is 1.94. The largest absolute Gasteiger partial charge is 0.504 e. The van der Waals surface area contributed by atoms with Crippen LogP contribution in [0.5, 0.6) is 23.0 Å². The van der Waals surface area contributed by atoms with Crippen molar-refractivity contribution in [3.63, 3.8) is 0 Å². The van der Waals surface area contributed by atoms with Crippen molar-refractivity contribution in [3.8, 4) is 23.0 Å². The molecule has 6 nitrogen and oxygen atoms in total. The Hall–Kier alpha value is -2.86. The van der Waals surface area contributed by atoms with E-state index < -0.39 is 5.97 Å². The summed E-state index contributed by atoms with van der Waals surface area (Å²) in [5.74, 6) is 1.24. The zero-order valence-electron chi connectivity index (χ0n) is 14.4. The number of rotatable bonds is 5. The molecule has 2 aromatic carbocycles. The molecule has 0 bridgehead atoms. The Bertz CT molecular complexity index is 749. The second-order valence-corrected chi connectivity index (χ2v) is 5.78. The van der Waals surface area contributed by atoms with Crippen LogP contribution in [0.25, 0.3) is 0 Å². The van der Waals surface area contributed by atoms with Crippen molar-refractivity contribution in [1.82, 2.24) is 5.32 Å². The molecule has 25 heavy (non-hydrogen) atoms. The number of fused-ring (bicyclic) bond motifs is 1. The maximum atomic E-state index is 11.8. The molecule has 0 aliphatic carbocycles. The first kappa shape index (κ1) is 18.5. The van der Waals surface area contributed by atoms with E-state index in [2.05, 4.69) is 5.32 Å². The molecule has 3 rings (SSSR count). The Kier molecular flexibility index (Phi) is 6.14. The van der Waals surface area contributed by atoms with E-state index in [-0.39, 0.29) is 29.9 Å². The van der Waals surface area contributed by atoms with Gasteiger partial charge in [-0.15, -0.1) is 0 Å². The summed E-state index contributed by atoms with van der Waals surface area (Å²) >= 11 is 0. The van der Waals surface area contributed by atoms with Gasteiger partial charge >= 0.3 is 5.97 Å². The predicted molar refractivity (Wildman–Crippen MR) is 93.4 cm³/mol. The number of phenolic OH excluding ortho intramolecular Hbond substituents is 1. The van der Waals surface area contributed by atoms with Crippen molar-refractivity contribution >= 4 is 11.8 Å². The van der Waals surface area contributed by atoms with E-state index >= 15 is 0 Å². The topological polar surface area (TPSA) is 88.2 Å². The molecule has 2 N–H and O–H groups in total. The van der Waals surface area contributed by atoms with Crippen molar-refractivity contribution in [2.45, 2.75) is 26.8 Å². The summed E-state index contributed by atoms with van der Waals surface area (Å²) in [6.07, 6.45) is 0. The fourth-order valence-corrected chi connectivity index (χ4v) is 1.94. The van der Waals surface area contributed by atoms with Crippen LogP contribution in [0.4, 0.5) is 0 Å². The van der Waals surface area contributed by atoms with Crippen LogP contribution >= 0.6 is 0 Å². The number of carbonyl (C=O) groups is 2. The van der Waals surface area contributed by atoms with E-state index in [0.29, 0.717) is 5.56 Å². The molecule has 0 radical (unpaired) electrons. The Morgan fingerprint density at radius 2 is 1.80 bits per heavy atom. The fraction of sp³-hybridized carbons (Fsp3) is 0.263. The molecule has 0 saturated heterocycles. The van der Waals surface area contributed by atoms with Crippen LogP contribution in [0.15, 0.2) is 42.5 Å². The number of nitrogens with one attached hydrogen (secondary N) is 1. The summed E-state index contributed by atoms with van der Waals surface area (Å²) < 4.78 is 9.70. The van der Waals surface area contributed by atoms with E-state index in [1.165, 1.54) is 25.1 Å². The monoisotopic (exact) mass is 343 g/mol. The second-order valence-electron chi connectivity index (χ2n) is 5.78. The normalized spacial score (nSPS) is 10.9. The minimum absolute atomic E-state index is 0.0517. The number of carbonyl (C=O) groups excluding carboxylic acids is 2. The zero-order valence-corrected chi connectivity index (χ0v) is 14.4. The lowest BCUT2D eigenvalue weighted by atomic mass is 10.1. The van der Waals surface area contributed by atoms with Crippen LogP contribution < -0.4 is 14.8 Å². The van der Waals surface area contributed by atoms with Crippen LogP contribution in [-0.2, 0) is 4.79 Å². The molecule has 132 valence electrons. The number of para-hydroxylation sites is 2. The third-order valence-electron chi connectivity index (χ3n) is 3.23. The SMILES string of the molecule is CC(=O)Oc1ccc(C(=O)CNC(C)C)cc1O.c1ccc2c(c1)O2. The maximum absolute atomic E-state index is 11.8. The van der Waals surface area contributed by atoms with Gasteiger partial charge in [0.2, 0.25) is 0 Å². The Labute approximate surface area is 146 Å². The summed E-state index contributed by atoms with van der Waals surface area (Å²) in [6.45, 7) is 5.32. The molecule has 0 aromatic heterocycles. The first-order chi connectivity index (χ1) is 11.9. The Morgan fingerprint density at radius 3 is 2.28 bits per heavy atom. The Morgan fingerprint density at radius 1 is 1.16 bits per heavy atom. The van der Waals surface area contributed by atoms with Gasteiger partial charge in [-0.25, -0.2) is 0 Å². The third-order valence-corrected chi connectivity index (χ3v) is 3.23. The number of aromatic hydroxyl groups is 1. The average molecular weight is 343 g/mol. The minimum atomic E-state index is -0.522. The molecule has 6 heteroatoms. The lowest BCUT2D eigenvalue weighted by Gasteiger charge is -2.08. The smallest absolute Gasteiger partial charge is 0.308 e. The lowest BCUT2D eigenvalue weighted by molar-refractivity contribution is -0.132. The molecule has 1 aliphatic rings. The van der Waals surface area contributed by atoms with Crippen LogP contribution in [0.1, 0.15) is 31.1 Å². The van der Waals surface area contributed by atoms with Crippen molar-refractivity contribution in [2.24, 2.45) is 0 Å². The quantitative estimate of drug-likeness (QED) is 0.320. The number of ether oxygens (including phenoxy) is 2. The molecule has 0 amide bonds. The number of Topliss-reactive ketones (excluding diaryl/α,β-unsaturated/α-hetero) is 1. The average Bonchev–Trinajstić information content (AvgIpc) is 3.34. The number of ketones is 1. The third kappa shape index (κ3) is 5.93. The summed E-state index contributed by atoms with van der Waals surface area (Å²) in [6, 6.07) is 12.3. The van der Waals surface area contributed by atoms with Gasteiger partial charge in [-0.1, -0.05) is 26.0 Å².